The fourth-order valence-corrected chi connectivity index (χ4v) is 2.80. The van der Waals surface area contributed by atoms with Crippen molar-refractivity contribution < 1.29 is 4.39 Å². The van der Waals surface area contributed by atoms with Gasteiger partial charge in [-0.05, 0) is 43.4 Å². The average molecular weight is 256 g/mol. The van der Waals surface area contributed by atoms with E-state index in [9.17, 15) is 4.39 Å². The van der Waals surface area contributed by atoms with Crippen molar-refractivity contribution in [1.82, 2.24) is 5.32 Å². The maximum atomic E-state index is 13.3. The quantitative estimate of drug-likeness (QED) is 0.866. The van der Waals surface area contributed by atoms with E-state index in [0.29, 0.717) is 6.04 Å². The van der Waals surface area contributed by atoms with Gasteiger partial charge in [-0.2, -0.15) is 0 Å². The van der Waals surface area contributed by atoms with Gasteiger partial charge in [0.25, 0.3) is 0 Å². The highest BCUT2D eigenvalue weighted by Gasteiger charge is 2.21. The van der Waals surface area contributed by atoms with Crippen molar-refractivity contribution in [2.24, 2.45) is 5.92 Å². The second kappa shape index (κ2) is 5.83. The molecule has 94 valence electrons. The van der Waals surface area contributed by atoms with E-state index in [1.165, 1.54) is 25.3 Å². The van der Waals surface area contributed by atoms with Crippen LogP contribution in [0.25, 0.3) is 0 Å². The molecule has 1 nitrogen and oxygen atoms in total. The van der Waals surface area contributed by atoms with E-state index in [2.05, 4.69) is 12.2 Å². The van der Waals surface area contributed by atoms with Gasteiger partial charge in [0.1, 0.15) is 5.82 Å². The third-order valence-corrected chi connectivity index (χ3v) is 4.10. The zero-order chi connectivity index (χ0) is 12.3. The molecule has 1 fully saturated rings. The second-order valence-corrected chi connectivity index (χ2v) is 5.24. The molecule has 0 radical (unpaired) electrons. The summed E-state index contributed by atoms with van der Waals surface area (Å²) in [6.45, 7) is 3.30. The Balaban J connectivity index is 2.02. The van der Waals surface area contributed by atoms with E-state index in [1.807, 2.05) is 6.07 Å². The molecule has 1 saturated heterocycles. The average Bonchev–Trinajstić information content (AvgIpc) is 2.35. The molecule has 2 rings (SSSR count). The van der Waals surface area contributed by atoms with E-state index in [0.717, 1.165) is 24.4 Å². The van der Waals surface area contributed by atoms with Gasteiger partial charge in [0.15, 0.2) is 0 Å². The van der Waals surface area contributed by atoms with Gasteiger partial charge in [0, 0.05) is 6.04 Å². The molecular formula is C14H19ClFN. The van der Waals surface area contributed by atoms with Gasteiger partial charge in [-0.3, -0.25) is 0 Å². The Bertz CT molecular complexity index is 380. The summed E-state index contributed by atoms with van der Waals surface area (Å²) in [4.78, 5) is 0. The molecule has 0 saturated carbocycles. The van der Waals surface area contributed by atoms with Crippen LogP contribution in [-0.4, -0.2) is 12.6 Å². The van der Waals surface area contributed by atoms with Crippen molar-refractivity contribution in [3.05, 3.63) is 34.6 Å². The van der Waals surface area contributed by atoms with Crippen molar-refractivity contribution in [3.8, 4) is 0 Å². The predicted molar refractivity (Wildman–Crippen MR) is 69.9 cm³/mol. The number of benzene rings is 1. The van der Waals surface area contributed by atoms with E-state index < -0.39 is 0 Å². The Morgan fingerprint density at radius 2 is 2.29 bits per heavy atom. The Morgan fingerprint density at radius 3 is 3.06 bits per heavy atom. The lowest BCUT2D eigenvalue weighted by molar-refractivity contribution is 0.294. The summed E-state index contributed by atoms with van der Waals surface area (Å²) < 4.78 is 13.3. The Labute approximate surface area is 107 Å². The maximum absolute atomic E-state index is 13.3. The molecular weight excluding hydrogens is 237 g/mol. The van der Waals surface area contributed by atoms with Crippen LogP contribution < -0.4 is 5.32 Å². The summed E-state index contributed by atoms with van der Waals surface area (Å²) >= 11 is 5.98. The fourth-order valence-electron chi connectivity index (χ4n) is 2.59. The molecule has 1 aliphatic rings. The van der Waals surface area contributed by atoms with E-state index in [-0.39, 0.29) is 10.8 Å². The molecule has 1 aromatic carbocycles. The second-order valence-electron chi connectivity index (χ2n) is 4.87. The number of nitrogens with one attached hydrogen (secondary N) is 1. The van der Waals surface area contributed by atoms with Gasteiger partial charge in [-0.25, -0.2) is 4.39 Å². The van der Waals surface area contributed by atoms with Crippen LogP contribution in [0.2, 0.25) is 5.02 Å². The first-order chi connectivity index (χ1) is 8.20. The van der Waals surface area contributed by atoms with Crippen LogP contribution in [0.5, 0.6) is 0 Å². The standard InChI is InChI=1S/C14H19ClFN/c1-2-10-6-7-17-12(8-10)9-11-4-3-5-13(16)14(11)15/h3-5,10,12,17H,2,6-9H2,1H3. The number of rotatable bonds is 3. The summed E-state index contributed by atoms with van der Waals surface area (Å²) in [6.07, 6.45) is 4.48. The summed E-state index contributed by atoms with van der Waals surface area (Å²) in [5.41, 5.74) is 0.918. The van der Waals surface area contributed by atoms with Crippen LogP contribution in [0.4, 0.5) is 4.39 Å². The van der Waals surface area contributed by atoms with Gasteiger partial charge in [0.05, 0.1) is 5.02 Å². The monoisotopic (exact) mass is 255 g/mol. The lowest BCUT2D eigenvalue weighted by atomic mass is 9.87. The number of hydrogen-bond acceptors (Lipinski definition) is 1. The van der Waals surface area contributed by atoms with Crippen molar-refractivity contribution in [1.29, 1.82) is 0 Å². The third-order valence-electron chi connectivity index (χ3n) is 3.68. The maximum Gasteiger partial charge on any atom is 0.142 e. The summed E-state index contributed by atoms with van der Waals surface area (Å²) in [5, 5.41) is 3.78. The highest BCUT2D eigenvalue weighted by Crippen LogP contribution is 2.25. The molecule has 0 spiro atoms. The van der Waals surface area contributed by atoms with Gasteiger partial charge < -0.3 is 5.32 Å². The Hall–Kier alpha value is -0.600. The molecule has 0 amide bonds. The minimum absolute atomic E-state index is 0.285. The van der Waals surface area contributed by atoms with Crippen LogP contribution in [0.3, 0.4) is 0 Å². The van der Waals surface area contributed by atoms with Crippen molar-refractivity contribution >= 4 is 11.6 Å². The first kappa shape index (κ1) is 12.8. The molecule has 1 N–H and O–H groups in total. The summed E-state index contributed by atoms with van der Waals surface area (Å²) in [6, 6.07) is 5.50. The van der Waals surface area contributed by atoms with E-state index >= 15 is 0 Å². The predicted octanol–water partition coefficient (Wildman–Crippen LogP) is 3.80. The topological polar surface area (TPSA) is 12.0 Å². The zero-order valence-electron chi connectivity index (χ0n) is 10.2. The van der Waals surface area contributed by atoms with E-state index in [4.69, 9.17) is 11.6 Å². The van der Waals surface area contributed by atoms with Crippen LogP contribution in [0.15, 0.2) is 18.2 Å². The molecule has 2 unspecified atom stereocenters. The molecule has 1 aromatic rings. The summed E-state index contributed by atoms with van der Waals surface area (Å²) in [5.74, 6) is 0.487. The van der Waals surface area contributed by atoms with Crippen molar-refractivity contribution in [2.45, 2.75) is 38.6 Å². The minimum Gasteiger partial charge on any atom is -0.314 e. The lowest BCUT2D eigenvalue weighted by Crippen LogP contribution is -2.39. The number of halogens is 2. The van der Waals surface area contributed by atoms with Gasteiger partial charge in [-0.1, -0.05) is 37.1 Å². The van der Waals surface area contributed by atoms with Crippen LogP contribution >= 0.6 is 11.6 Å². The van der Waals surface area contributed by atoms with Crippen LogP contribution in [0.1, 0.15) is 31.7 Å². The highest BCUT2D eigenvalue weighted by atomic mass is 35.5. The van der Waals surface area contributed by atoms with Gasteiger partial charge in [0.2, 0.25) is 0 Å². The highest BCUT2D eigenvalue weighted by molar-refractivity contribution is 6.31. The molecule has 2 atom stereocenters. The minimum atomic E-state index is -0.313. The fraction of sp³-hybridized carbons (Fsp3) is 0.571. The van der Waals surface area contributed by atoms with Crippen molar-refractivity contribution in [3.63, 3.8) is 0 Å². The SMILES string of the molecule is CCC1CCNC(Cc2cccc(F)c2Cl)C1. The molecule has 0 bridgehead atoms. The molecule has 1 aliphatic heterocycles. The van der Waals surface area contributed by atoms with E-state index in [1.54, 1.807) is 6.07 Å². The number of piperidine rings is 1. The lowest BCUT2D eigenvalue weighted by Gasteiger charge is -2.30. The first-order valence-electron chi connectivity index (χ1n) is 6.37. The van der Waals surface area contributed by atoms with Gasteiger partial charge in [-0.15, -0.1) is 0 Å². The Kier molecular flexibility index (Phi) is 4.41. The zero-order valence-corrected chi connectivity index (χ0v) is 10.9. The summed E-state index contributed by atoms with van der Waals surface area (Å²) in [7, 11) is 0. The largest absolute Gasteiger partial charge is 0.314 e. The molecule has 17 heavy (non-hydrogen) atoms. The smallest absolute Gasteiger partial charge is 0.142 e. The Morgan fingerprint density at radius 1 is 1.47 bits per heavy atom. The molecule has 3 heteroatoms. The van der Waals surface area contributed by atoms with Crippen molar-refractivity contribution in [2.75, 3.05) is 6.54 Å². The third kappa shape index (κ3) is 3.20. The van der Waals surface area contributed by atoms with Gasteiger partial charge >= 0.3 is 0 Å². The normalized spacial score (nSPS) is 24.9. The first-order valence-corrected chi connectivity index (χ1v) is 6.74. The molecule has 1 heterocycles. The number of hydrogen-bond donors (Lipinski definition) is 1. The molecule has 0 aliphatic carbocycles. The van der Waals surface area contributed by atoms with Crippen LogP contribution in [-0.2, 0) is 6.42 Å². The molecule has 0 aromatic heterocycles. The van der Waals surface area contributed by atoms with Crippen LogP contribution in [0, 0.1) is 11.7 Å².